The summed E-state index contributed by atoms with van der Waals surface area (Å²) >= 11 is 1.49. The Balaban J connectivity index is 0.879. The first-order valence-corrected chi connectivity index (χ1v) is 16.3. The van der Waals surface area contributed by atoms with E-state index in [1.807, 2.05) is 11.4 Å². The molecule has 8 rings (SSSR count). The number of fused-ring (bicyclic) bond motifs is 1. The normalized spacial score (nSPS) is 29.5. The van der Waals surface area contributed by atoms with Crippen LogP contribution in [0.5, 0.6) is 5.75 Å². The Morgan fingerprint density at radius 1 is 1.12 bits per heavy atom. The first-order valence-electron chi connectivity index (χ1n) is 15.4. The maximum Gasteiger partial charge on any atom is 0.255 e. The van der Waals surface area contributed by atoms with Gasteiger partial charge in [-0.05, 0) is 93.1 Å². The maximum absolute atomic E-state index is 13.0. The fourth-order valence-electron chi connectivity index (χ4n) is 8.82. The summed E-state index contributed by atoms with van der Waals surface area (Å²) < 4.78 is 6.08. The van der Waals surface area contributed by atoms with E-state index in [9.17, 15) is 19.2 Å². The van der Waals surface area contributed by atoms with Crippen LogP contribution in [0, 0.1) is 23.2 Å². The predicted molar refractivity (Wildman–Crippen MR) is 155 cm³/mol. The van der Waals surface area contributed by atoms with Crippen molar-refractivity contribution in [1.82, 2.24) is 20.5 Å². The molecule has 1 aromatic heterocycles. The summed E-state index contributed by atoms with van der Waals surface area (Å²) in [6.45, 7) is 0.906. The molecule has 4 bridgehead atoms. The topological polar surface area (TPSA) is 118 Å². The summed E-state index contributed by atoms with van der Waals surface area (Å²) in [4.78, 5) is 55.7. The van der Waals surface area contributed by atoms with Crippen molar-refractivity contribution in [3.05, 3.63) is 45.4 Å². The number of piperidine rings is 1. The van der Waals surface area contributed by atoms with Gasteiger partial charge in [-0.25, -0.2) is 4.98 Å². The molecule has 6 aliphatic rings. The van der Waals surface area contributed by atoms with E-state index in [0.29, 0.717) is 36.1 Å². The molecular formula is C32H38N4O5S. The molecular weight excluding hydrogens is 552 g/mol. The van der Waals surface area contributed by atoms with E-state index in [0.717, 1.165) is 40.4 Å². The van der Waals surface area contributed by atoms with Gasteiger partial charge in [0.1, 0.15) is 23.4 Å². The minimum atomic E-state index is -0.663. The van der Waals surface area contributed by atoms with E-state index in [2.05, 4.69) is 15.6 Å². The number of thiazole rings is 1. The summed E-state index contributed by atoms with van der Waals surface area (Å²) in [7, 11) is 0. The van der Waals surface area contributed by atoms with Gasteiger partial charge in [-0.2, -0.15) is 0 Å². The molecule has 1 aromatic carbocycles. The predicted octanol–water partition coefficient (Wildman–Crippen LogP) is 4.49. The molecule has 2 N–H and O–H groups in total. The largest absolute Gasteiger partial charge is 0.487 e. The molecule has 1 atom stereocenters. The van der Waals surface area contributed by atoms with Crippen molar-refractivity contribution in [3.8, 4) is 5.75 Å². The van der Waals surface area contributed by atoms with Crippen molar-refractivity contribution in [1.29, 1.82) is 0 Å². The Morgan fingerprint density at radius 3 is 2.62 bits per heavy atom. The van der Waals surface area contributed by atoms with Crippen LogP contribution in [0.1, 0.15) is 97.3 Å². The molecule has 2 aromatic rings. The fraction of sp³-hybridized carbons (Fsp3) is 0.594. The van der Waals surface area contributed by atoms with Gasteiger partial charge < -0.3 is 15.0 Å². The van der Waals surface area contributed by atoms with Gasteiger partial charge in [-0.15, -0.1) is 11.3 Å². The monoisotopic (exact) mass is 590 g/mol. The molecule has 5 fully saturated rings. The third kappa shape index (κ3) is 5.45. The molecule has 42 heavy (non-hydrogen) atoms. The molecule has 0 spiro atoms. The number of nitrogens with zero attached hydrogens (tertiary/aromatic N) is 2. The van der Waals surface area contributed by atoms with Crippen LogP contribution in [0.4, 0.5) is 0 Å². The van der Waals surface area contributed by atoms with Crippen LogP contribution in [0.25, 0.3) is 0 Å². The lowest BCUT2D eigenvalue weighted by Crippen LogP contribution is -2.52. The summed E-state index contributed by atoms with van der Waals surface area (Å²) in [6.07, 6.45) is 11.8. The quantitative estimate of drug-likeness (QED) is 0.394. The number of ether oxygens (including phenoxy) is 1. The second kappa shape index (κ2) is 11.1. The first-order chi connectivity index (χ1) is 20.3. The molecule has 3 heterocycles. The minimum absolute atomic E-state index is 0.0952. The second-order valence-electron chi connectivity index (χ2n) is 13.3. The van der Waals surface area contributed by atoms with Crippen LogP contribution in [0.2, 0.25) is 0 Å². The summed E-state index contributed by atoms with van der Waals surface area (Å²) in [5, 5.41) is 8.14. The molecule has 10 heteroatoms. The summed E-state index contributed by atoms with van der Waals surface area (Å²) in [5.41, 5.74) is 2.54. The van der Waals surface area contributed by atoms with Gasteiger partial charge in [0, 0.05) is 29.3 Å². The number of amides is 4. The number of aromatic nitrogens is 1. The molecule has 2 aliphatic heterocycles. The van der Waals surface area contributed by atoms with Gasteiger partial charge in [0.25, 0.3) is 5.91 Å². The van der Waals surface area contributed by atoms with E-state index in [1.54, 1.807) is 12.1 Å². The summed E-state index contributed by atoms with van der Waals surface area (Å²) in [5.74, 6) is 2.56. The third-order valence-corrected chi connectivity index (χ3v) is 11.1. The Hall–Kier alpha value is -3.27. The fourth-order valence-corrected chi connectivity index (χ4v) is 9.54. The second-order valence-corrected chi connectivity index (χ2v) is 14.2. The standard InChI is InChI=1S/C32H38N4O5S/c37-27(5-2-8-32-12-19-9-20(13-32)11-21(10-19)14-32)33-15-29-34-22(18-42-29)17-41-26-4-1-3-23-24(26)16-36(31(23)40)25-6-7-28(38)35-30(25)39/h1,3-4,18-21,25H,2,5-17H2,(H,33,37)(H,35,38,39). The Bertz CT molecular complexity index is 1380. The molecule has 1 saturated heterocycles. The highest BCUT2D eigenvalue weighted by molar-refractivity contribution is 7.09. The Kier molecular flexibility index (Phi) is 7.28. The number of rotatable bonds is 10. The Morgan fingerprint density at radius 2 is 1.88 bits per heavy atom. The van der Waals surface area contributed by atoms with Gasteiger partial charge in [-0.1, -0.05) is 6.07 Å². The van der Waals surface area contributed by atoms with Crippen molar-refractivity contribution in [2.24, 2.45) is 23.2 Å². The molecule has 4 saturated carbocycles. The zero-order chi connectivity index (χ0) is 28.8. The van der Waals surface area contributed by atoms with Crippen molar-refractivity contribution >= 4 is 35.0 Å². The highest BCUT2D eigenvalue weighted by Gasteiger charge is 2.50. The number of carbonyl (C=O) groups is 4. The van der Waals surface area contributed by atoms with Gasteiger partial charge >= 0.3 is 0 Å². The van der Waals surface area contributed by atoms with Crippen molar-refractivity contribution in [2.45, 2.75) is 96.4 Å². The average Bonchev–Trinajstić information content (AvgIpc) is 3.54. The van der Waals surface area contributed by atoms with Gasteiger partial charge in [0.05, 0.1) is 18.8 Å². The lowest BCUT2D eigenvalue weighted by atomic mass is 9.48. The van der Waals surface area contributed by atoms with Crippen LogP contribution in [0.15, 0.2) is 23.6 Å². The van der Waals surface area contributed by atoms with Gasteiger partial charge in [0.15, 0.2) is 0 Å². The molecule has 222 valence electrons. The number of hydrogen-bond donors (Lipinski definition) is 2. The summed E-state index contributed by atoms with van der Waals surface area (Å²) in [6, 6.07) is 4.66. The van der Waals surface area contributed by atoms with Crippen LogP contribution in [-0.4, -0.2) is 39.6 Å². The van der Waals surface area contributed by atoms with Crippen molar-refractivity contribution < 1.29 is 23.9 Å². The lowest BCUT2D eigenvalue weighted by molar-refractivity contribution is -0.137. The van der Waals surface area contributed by atoms with E-state index in [4.69, 9.17) is 4.74 Å². The van der Waals surface area contributed by atoms with Crippen molar-refractivity contribution in [2.75, 3.05) is 0 Å². The average molecular weight is 591 g/mol. The van der Waals surface area contributed by atoms with Gasteiger partial charge in [0.2, 0.25) is 17.7 Å². The lowest BCUT2D eigenvalue weighted by Gasteiger charge is -2.57. The van der Waals surface area contributed by atoms with Crippen LogP contribution in [0.3, 0.4) is 0 Å². The molecule has 4 aliphatic carbocycles. The number of benzene rings is 1. The third-order valence-electron chi connectivity index (χ3n) is 10.2. The maximum atomic E-state index is 13.0. The number of carbonyl (C=O) groups excluding carboxylic acids is 4. The minimum Gasteiger partial charge on any atom is -0.487 e. The zero-order valence-corrected chi connectivity index (χ0v) is 24.7. The van der Waals surface area contributed by atoms with Crippen LogP contribution < -0.4 is 15.4 Å². The van der Waals surface area contributed by atoms with Crippen LogP contribution >= 0.6 is 11.3 Å². The SMILES string of the molecule is O=C(CCCC12CC3CC(CC(C3)C1)C2)NCc1nc(COc2cccc3c2CN(C2CCC(=O)NC2=O)C3=O)cs1. The molecule has 4 amide bonds. The van der Waals surface area contributed by atoms with E-state index in [1.165, 1.54) is 61.2 Å². The Labute approximate surface area is 249 Å². The highest BCUT2D eigenvalue weighted by atomic mass is 32.1. The number of imide groups is 1. The molecule has 9 nitrogen and oxygen atoms in total. The van der Waals surface area contributed by atoms with Gasteiger partial charge in [-0.3, -0.25) is 24.5 Å². The molecule has 1 unspecified atom stereocenters. The smallest absolute Gasteiger partial charge is 0.255 e. The number of hydrogen-bond acceptors (Lipinski definition) is 7. The highest BCUT2D eigenvalue weighted by Crippen LogP contribution is 2.61. The van der Waals surface area contributed by atoms with Crippen molar-refractivity contribution in [3.63, 3.8) is 0 Å². The van der Waals surface area contributed by atoms with E-state index >= 15 is 0 Å². The number of nitrogens with one attached hydrogen (secondary N) is 2. The molecule has 0 radical (unpaired) electrons. The van der Waals surface area contributed by atoms with Crippen LogP contribution in [-0.2, 0) is 34.1 Å². The van der Waals surface area contributed by atoms with E-state index in [-0.39, 0.29) is 37.3 Å². The first kappa shape index (κ1) is 27.6. The van der Waals surface area contributed by atoms with E-state index < -0.39 is 11.9 Å². The zero-order valence-electron chi connectivity index (χ0n) is 23.9.